The fraction of sp³-hybridized carbons (Fsp3) is 0.579. The number of benzene rings is 1. The number of hydrogen-bond acceptors (Lipinski definition) is 4. The Morgan fingerprint density at radius 2 is 1.92 bits per heavy atom. The van der Waals surface area contributed by atoms with E-state index in [1.54, 1.807) is 18.2 Å². The van der Waals surface area contributed by atoms with Crippen LogP contribution in [-0.2, 0) is 14.3 Å². The van der Waals surface area contributed by atoms with Crippen molar-refractivity contribution in [2.24, 2.45) is 11.8 Å². The highest BCUT2D eigenvalue weighted by Gasteiger charge is 2.46. The Bertz CT molecular complexity index is 636. The standard InChI is InChI=1S/C19H26ClNO4/c1-12-9-10-19(11-13(12)2,18(23)25-4)21-17(22)16(20)14-7-5-6-8-15(14)24-3/h5-8,12-13,16H,9-11H2,1-4H3,(H,21,22). The molecule has 0 aromatic heterocycles. The summed E-state index contributed by atoms with van der Waals surface area (Å²) in [5, 5.41) is 1.93. The third kappa shape index (κ3) is 4.09. The first-order chi connectivity index (χ1) is 11.8. The van der Waals surface area contributed by atoms with Gasteiger partial charge < -0.3 is 14.8 Å². The molecule has 0 saturated heterocycles. The van der Waals surface area contributed by atoms with Gasteiger partial charge in [-0.15, -0.1) is 11.6 Å². The monoisotopic (exact) mass is 367 g/mol. The maximum Gasteiger partial charge on any atom is 0.331 e. The number of carbonyl (C=O) groups is 2. The summed E-state index contributed by atoms with van der Waals surface area (Å²) in [6.45, 7) is 4.25. The number of amides is 1. The van der Waals surface area contributed by atoms with E-state index in [1.165, 1.54) is 14.2 Å². The Hall–Kier alpha value is -1.75. The number of halogens is 1. The lowest BCUT2D eigenvalue weighted by Crippen LogP contribution is -2.58. The molecule has 0 heterocycles. The van der Waals surface area contributed by atoms with Gasteiger partial charge in [0.2, 0.25) is 5.91 Å². The van der Waals surface area contributed by atoms with Gasteiger partial charge in [-0.25, -0.2) is 4.79 Å². The van der Waals surface area contributed by atoms with Crippen LogP contribution in [0.15, 0.2) is 24.3 Å². The molecule has 4 unspecified atom stereocenters. The summed E-state index contributed by atoms with van der Waals surface area (Å²) in [6.07, 6.45) is 1.94. The summed E-state index contributed by atoms with van der Waals surface area (Å²) in [5.41, 5.74) is -0.450. The Morgan fingerprint density at radius 3 is 2.52 bits per heavy atom. The average Bonchev–Trinajstić information content (AvgIpc) is 2.63. The van der Waals surface area contributed by atoms with Crippen LogP contribution < -0.4 is 10.1 Å². The van der Waals surface area contributed by atoms with E-state index in [9.17, 15) is 9.59 Å². The number of hydrogen-bond donors (Lipinski definition) is 1. The molecule has 5 nitrogen and oxygen atoms in total. The highest BCUT2D eigenvalue weighted by Crippen LogP contribution is 2.38. The predicted octanol–water partition coefficient (Wildman–Crippen LogP) is 3.46. The van der Waals surface area contributed by atoms with Gasteiger partial charge in [-0.2, -0.15) is 0 Å². The Morgan fingerprint density at radius 1 is 1.24 bits per heavy atom. The zero-order valence-electron chi connectivity index (χ0n) is 15.2. The molecule has 25 heavy (non-hydrogen) atoms. The Kier molecular flexibility index (Phi) is 6.33. The number of methoxy groups -OCH3 is 2. The molecule has 0 spiro atoms. The van der Waals surface area contributed by atoms with Crippen molar-refractivity contribution in [1.29, 1.82) is 0 Å². The molecular formula is C19H26ClNO4. The number of carbonyl (C=O) groups excluding carboxylic acids is 2. The van der Waals surface area contributed by atoms with Crippen LogP contribution in [0.25, 0.3) is 0 Å². The summed E-state index contributed by atoms with van der Waals surface area (Å²) in [4.78, 5) is 25.2. The average molecular weight is 368 g/mol. The quantitative estimate of drug-likeness (QED) is 0.639. The van der Waals surface area contributed by atoms with E-state index in [1.807, 2.05) is 6.07 Å². The summed E-state index contributed by atoms with van der Waals surface area (Å²) in [5.74, 6) is 0.501. The zero-order valence-corrected chi connectivity index (χ0v) is 15.9. The minimum atomic E-state index is -1.02. The topological polar surface area (TPSA) is 64.6 Å². The molecule has 1 fully saturated rings. The molecular weight excluding hydrogens is 342 g/mol. The summed E-state index contributed by atoms with van der Waals surface area (Å²) >= 11 is 6.39. The van der Waals surface area contributed by atoms with Crippen molar-refractivity contribution in [2.45, 2.75) is 44.0 Å². The van der Waals surface area contributed by atoms with Gasteiger partial charge in [0.1, 0.15) is 16.7 Å². The van der Waals surface area contributed by atoms with Gasteiger partial charge in [-0.05, 0) is 37.2 Å². The van der Waals surface area contributed by atoms with Crippen LogP contribution in [0.4, 0.5) is 0 Å². The van der Waals surface area contributed by atoms with Gasteiger partial charge in [0, 0.05) is 5.56 Å². The molecule has 138 valence electrons. The molecule has 2 rings (SSSR count). The van der Waals surface area contributed by atoms with E-state index in [-0.39, 0.29) is 0 Å². The molecule has 0 bridgehead atoms. The predicted molar refractivity (Wildman–Crippen MR) is 96.7 cm³/mol. The van der Waals surface area contributed by atoms with Crippen molar-refractivity contribution in [2.75, 3.05) is 14.2 Å². The van der Waals surface area contributed by atoms with Crippen LogP contribution in [0.2, 0.25) is 0 Å². The lowest BCUT2D eigenvalue weighted by Gasteiger charge is -2.41. The minimum absolute atomic E-state index is 0.299. The zero-order chi connectivity index (χ0) is 18.6. The summed E-state index contributed by atoms with van der Waals surface area (Å²) in [6, 6.07) is 7.09. The van der Waals surface area contributed by atoms with E-state index in [0.29, 0.717) is 36.0 Å². The Labute approximate surface area is 154 Å². The fourth-order valence-electron chi connectivity index (χ4n) is 3.47. The first kappa shape index (κ1) is 19.6. The van der Waals surface area contributed by atoms with E-state index in [4.69, 9.17) is 21.1 Å². The molecule has 1 aliphatic carbocycles. The van der Waals surface area contributed by atoms with Crippen molar-refractivity contribution in [1.82, 2.24) is 5.32 Å². The fourth-order valence-corrected chi connectivity index (χ4v) is 3.71. The smallest absolute Gasteiger partial charge is 0.331 e. The van der Waals surface area contributed by atoms with Crippen LogP contribution >= 0.6 is 11.6 Å². The number of ether oxygens (including phenoxy) is 2. The van der Waals surface area contributed by atoms with Gasteiger partial charge in [0.05, 0.1) is 14.2 Å². The molecule has 0 radical (unpaired) electrons. The second-order valence-corrected chi connectivity index (χ2v) is 7.30. The van der Waals surface area contributed by atoms with Gasteiger partial charge in [0.15, 0.2) is 0 Å². The molecule has 1 aromatic rings. The molecule has 1 aromatic carbocycles. The first-order valence-corrected chi connectivity index (χ1v) is 8.95. The molecule has 6 heteroatoms. The van der Waals surface area contributed by atoms with Crippen LogP contribution in [-0.4, -0.2) is 31.6 Å². The summed E-state index contributed by atoms with van der Waals surface area (Å²) in [7, 11) is 2.87. The van der Waals surface area contributed by atoms with Gasteiger partial charge in [-0.3, -0.25) is 4.79 Å². The molecule has 1 aliphatic rings. The normalized spacial score (nSPS) is 27.2. The van der Waals surface area contributed by atoms with E-state index in [2.05, 4.69) is 19.2 Å². The van der Waals surface area contributed by atoms with Crippen LogP contribution in [0.3, 0.4) is 0 Å². The van der Waals surface area contributed by atoms with E-state index in [0.717, 1.165) is 6.42 Å². The van der Waals surface area contributed by atoms with Crippen LogP contribution in [0.1, 0.15) is 44.1 Å². The van der Waals surface area contributed by atoms with Crippen molar-refractivity contribution in [3.63, 3.8) is 0 Å². The molecule has 0 aliphatic heterocycles. The SMILES string of the molecule is COC(=O)C1(NC(=O)C(Cl)c2ccccc2OC)CCC(C)C(C)C1. The third-order valence-electron chi connectivity index (χ3n) is 5.25. The van der Waals surface area contributed by atoms with Crippen molar-refractivity contribution in [3.8, 4) is 5.75 Å². The Balaban J connectivity index is 2.24. The largest absolute Gasteiger partial charge is 0.496 e. The highest BCUT2D eigenvalue weighted by molar-refractivity contribution is 6.31. The van der Waals surface area contributed by atoms with Crippen molar-refractivity contribution >= 4 is 23.5 Å². The van der Waals surface area contributed by atoms with E-state index >= 15 is 0 Å². The molecule has 1 saturated carbocycles. The lowest BCUT2D eigenvalue weighted by atomic mass is 9.71. The maximum absolute atomic E-state index is 12.8. The number of alkyl halides is 1. The molecule has 4 atom stereocenters. The maximum atomic E-state index is 12.8. The number of rotatable bonds is 5. The number of esters is 1. The van der Waals surface area contributed by atoms with Crippen molar-refractivity contribution in [3.05, 3.63) is 29.8 Å². The number of para-hydroxylation sites is 1. The highest BCUT2D eigenvalue weighted by atomic mass is 35.5. The minimum Gasteiger partial charge on any atom is -0.496 e. The molecule has 1 amide bonds. The van der Waals surface area contributed by atoms with Gasteiger partial charge in [0.25, 0.3) is 0 Å². The second kappa shape index (κ2) is 8.09. The van der Waals surface area contributed by atoms with Gasteiger partial charge in [-0.1, -0.05) is 32.0 Å². The van der Waals surface area contributed by atoms with E-state index < -0.39 is 22.8 Å². The second-order valence-electron chi connectivity index (χ2n) is 6.86. The van der Waals surface area contributed by atoms with Crippen LogP contribution in [0.5, 0.6) is 5.75 Å². The van der Waals surface area contributed by atoms with Gasteiger partial charge >= 0.3 is 5.97 Å². The summed E-state index contributed by atoms with van der Waals surface area (Å²) < 4.78 is 10.3. The van der Waals surface area contributed by atoms with Crippen LogP contribution in [0, 0.1) is 11.8 Å². The third-order valence-corrected chi connectivity index (χ3v) is 5.68. The number of nitrogens with one attached hydrogen (secondary N) is 1. The lowest BCUT2D eigenvalue weighted by molar-refractivity contribution is -0.154. The van der Waals surface area contributed by atoms with Crippen molar-refractivity contribution < 1.29 is 19.1 Å². The first-order valence-electron chi connectivity index (χ1n) is 8.52. The molecule has 1 N–H and O–H groups in total.